The molecular weight excluding hydrogens is 314 g/mol. The summed E-state index contributed by atoms with van der Waals surface area (Å²) in [5.41, 5.74) is 3.21. The van der Waals surface area contributed by atoms with Crippen LogP contribution >= 0.6 is 0 Å². The van der Waals surface area contributed by atoms with Crippen molar-refractivity contribution in [1.29, 1.82) is 0 Å². The van der Waals surface area contributed by atoms with Crippen LogP contribution in [0.1, 0.15) is 13.8 Å². The van der Waals surface area contributed by atoms with Gasteiger partial charge < -0.3 is 19.5 Å². The summed E-state index contributed by atoms with van der Waals surface area (Å²) in [6.45, 7) is 6.96. The molecule has 6 heteroatoms. The van der Waals surface area contributed by atoms with Crippen LogP contribution in [0.25, 0.3) is 16.6 Å². The second-order valence-corrected chi connectivity index (χ2v) is 6.77. The standard InChI is InChI=1S/C19H23N5O/c1-14(2)20-19(25)23-12-10-22(11-13-23)18-17-8-5-9-24(17)16-7-4-3-6-15(16)21-18/h3-9,14H,10-13H2,1-2H3,(H,20,25). The molecule has 2 aromatic heterocycles. The number of anilines is 1. The van der Waals surface area contributed by atoms with E-state index in [0.29, 0.717) is 13.1 Å². The van der Waals surface area contributed by atoms with Gasteiger partial charge >= 0.3 is 6.03 Å². The average Bonchev–Trinajstić information content (AvgIpc) is 3.10. The number of hydrogen-bond donors (Lipinski definition) is 1. The topological polar surface area (TPSA) is 52.9 Å². The molecule has 25 heavy (non-hydrogen) atoms. The molecule has 6 nitrogen and oxygen atoms in total. The predicted octanol–water partition coefficient (Wildman–Crippen LogP) is 2.73. The smallest absolute Gasteiger partial charge is 0.317 e. The number of amides is 2. The van der Waals surface area contributed by atoms with E-state index >= 15 is 0 Å². The van der Waals surface area contributed by atoms with E-state index in [-0.39, 0.29) is 12.1 Å². The van der Waals surface area contributed by atoms with Gasteiger partial charge in [0.2, 0.25) is 0 Å². The molecule has 0 bridgehead atoms. The first-order valence-electron chi connectivity index (χ1n) is 8.79. The van der Waals surface area contributed by atoms with Crippen LogP contribution in [-0.2, 0) is 0 Å². The first kappa shape index (κ1) is 15.7. The highest BCUT2D eigenvalue weighted by Crippen LogP contribution is 2.26. The molecule has 1 aromatic carbocycles. The van der Waals surface area contributed by atoms with Crippen molar-refractivity contribution < 1.29 is 4.79 Å². The van der Waals surface area contributed by atoms with Crippen LogP contribution in [0.3, 0.4) is 0 Å². The van der Waals surface area contributed by atoms with E-state index in [0.717, 1.165) is 35.5 Å². The van der Waals surface area contributed by atoms with Gasteiger partial charge in [-0.3, -0.25) is 0 Å². The summed E-state index contributed by atoms with van der Waals surface area (Å²) in [7, 11) is 0. The minimum atomic E-state index is 0.0222. The van der Waals surface area contributed by atoms with Crippen molar-refractivity contribution in [3.63, 3.8) is 0 Å². The Kier molecular flexibility index (Phi) is 3.95. The minimum Gasteiger partial charge on any atom is -0.351 e. The number of aromatic nitrogens is 2. The van der Waals surface area contributed by atoms with Crippen molar-refractivity contribution in [2.24, 2.45) is 0 Å². The van der Waals surface area contributed by atoms with Crippen molar-refractivity contribution in [2.45, 2.75) is 19.9 Å². The van der Waals surface area contributed by atoms with Crippen LogP contribution in [0, 0.1) is 0 Å². The Morgan fingerprint density at radius 2 is 1.76 bits per heavy atom. The molecule has 130 valence electrons. The van der Waals surface area contributed by atoms with E-state index in [1.54, 1.807) is 0 Å². The molecule has 1 aliphatic rings. The maximum absolute atomic E-state index is 12.2. The first-order valence-corrected chi connectivity index (χ1v) is 8.79. The van der Waals surface area contributed by atoms with E-state index < -0.39 is 0 Å². The van der Waals surface area contributed by atoms with E-state index in [9.17, 15) is 4.79 Å². The van der Waals surface area contributed by atoms with E-state index in [1.165, 1.54) is 0 Å². The molecule has 4 rings (SSSR count). The fourth-order valence-electron chi connectivity index (χ4n) is 3.40. The first-order chi connectivity index (χ1) is 12.1. The zero-order valence-electron chi connectivity index (χ0n) is 14.6. The van der Waals surface area contributed by atoms with Gasteiger partial charge in [0.15, 0.2) is 5.82 Å². The van der Waals surface area contributed by atoms with Crippen LogP contribution < -0.4 is 10.2 Å². The van der Waals surface area contributed by atoms with Gasteiger partial charge in [0, 0.05) is 38.4 Å². The number of para-hydroxylation sites is 2. The summed E-state index contributed by atoms with van der Waals surface area (Å²) in [5.74, 6) is 0.993. The highest BCUT2D eigenvalue weighted by Gasteiger charge is 2.24. The highest BCUT2D eigenvalue weighted by molar-refractivity contribution is 5.85. The Hall–Kier alpha value is -2.76. The molecule has 1 saturated heterocycles. The maximum Gasteiger partial charge on any atom is 0.317 e. The largest absolute Gasteiger partial charge is 0.351 e. The Labute approximate surface area is 147 Å². The maximum atomic E-state index is 12.2. The van der Waals surface area contributed by atoms with Crippen LogP contribution in [0.5, 0.6) is 0 Å². The van der Waals surface area contributed by atoms with Crippen LogP contribution in [-0.4, -0.2) is 52.5 Å². The monoisotopic (exact) mass is 337 g/mol. The summed E-state index contributed by atoms with van der Waals surface area (Å²) < 4.78 is 2.19. The normalized spacial score (nSPS) is 15.3. The lowest BCUT2D eigenvalue weighted by Gasteiger charge is -2.36. The predicted molar refractivity (Wildman–Crippen MR) is 100 cm³/mol. The van der Waals surface area contributed by atoms with Crippen LogP contribution in [0.15, 0.2) is 42.6 Å². The van der Waals surface area contributed by atoms with Crippen molar-refractivity contribution >= 4 is 28.4 Å². The Bertz CT molecular complexity index is 908. The number of benzene rings is 1. The molecule has 0 spiro atoms. The minimum absolute atomic E-state index is 0.0222. The number of carbonyl (C=O) groups excluding carboxylic acids is 1. The molecule has 1 N–H and O–H groups in total. The van der Waals surface area contributed by atoms with Gasteiger partial charge in [0.1, 0.15) is 0 Å². The van der Waals surface area contributed by atoms with E-state index in [2.05, 4.69) is 39.0 Å². The van der Waals surface area contributed by atoms with Gasteiger partial charge in [-0.25, -0.2) is 9.78 Å². The molecule has 2 amide bonds. The average molecular weight is 337 g/mol. The number of hydrogen-bond acceptors (Lipinski definition) is 3. The number of urea groups is 1. The second-order valence-electron chi connectivity index (χ2n) is 6.77. The van der Waals surface area contributed by atoms with E-state index in [1.807, 2.05) is 36.9 Å². The molecule has 0 atom stereocenters. The molecule has 0 saturated carbocycles. The van der Waals surface area contributed by atoms with Crippen molar-refractivity contribution in [3.8, 4) is 0 Å². The Morgan fingerprint density at radius 3 is 2.52 bits per heavy atom. The Morgan fingerprint density at radius 1 is 1.04 bits per heavy atom. The molecular formula is C19H23N5O. The van der Waals surface area contributed by atoms with Crippen molar-refractivity contribution in [3.05, 3.63) is 42.6 Å². The van der Waals surface area contributed by atoms with Gasteiger partial charge in [-0.2, -0.15) is 0 Å². The molecule has 1 aliphatic heterocycles. The number of nitrogens with one attached hydrogen (secondary N) is 1. The summed E-state index contributed by atoms with van der Waals surface area (Å²) in [6, 6.07) is 12.5. The van der Waals surface area contributed by atoms with Gasteiger partial charge in [-0.15, -0.1) is 0 Å². The number of rotatable bonds is 2. The van der Waals surface area contributed by atoms with Gasteiger partial charge in [-0.05, 0) is 38.1 Å². The van der Waals surface area contributed by atoms with Crippen molar-refractivity contribution in [2.75, 3.05) is 31.1 Å². The summed E-state index contributed by atoms with van der Waals surface area (Å²) >= 11 is 0. The zero-order chi connectivity index (χ0) is 17.4. The molecule has 1 fully saturated rings. The molecule has 0 unspecified atom stereocenters. The lowest BCUT2D eigenvalue weighted by Crippen LogP contribution is -2.53. The number of carbonyl (C=O) groups is 1. The lowest BCUT2D eigenvalue weighted by atomic mass is 10.2. The molecule has 3 heterocycles. The third kappa shape index (κ3) is 2.88. The fraction of sp³-hybridized carbons (Fsp3) is 0.368. The van der Waals surface area contributed by atoms with Crippen LogP contribution in [0.2, 0.25) is 0 Å². The SMILES string of the molecule is CC(C)NC(=O)N1CCN(c2nc3ccccc3n3cccc23)CC1. The number of nitrogens with zero attached hydrogens (tertiary/aromatic N) is 4. The molecule has 0 radical (unpaired) electrons. The van der Waals surface area contributed by atoms with Gasteiger partial charge in [0.05, 0.1) is 16.6 Å². The second kappa shape index (κ2) is 6.27. The van der Waals surface area contributed by atoms with Gasteiger partial charge in [-0.1, -0.05) is 12.1 Å². The Balaban J connectivity index is 1.60. The number of fused-ring (bicyclic) bond motifs is 3. The zero-order valence-corrected chi connectivity index (χ0v) is 14.6. The van der Waals surface area contributed by atoms with Crippen molar-refractivity contribution in [1.82, 2.24) is 19.6 Å². The molecule has 3 aromatic rings. The number of piperazine rings is 1. The van der Waals surface area contributed by atoms with Gasteiger partial charge in [0.25, 0.3) is 0 Å². The highest BCUT2D eigenvalue weighted by atomic mass is 16.2. The quantitative estimate of drug-likeness (QED) is 0.782. The summed E-state index contributed by atoms with van der Waals surface area (Å²) in [5, 5.41) is 2.97. The summed E-state index contributed by atoms with van der Waals surface area (Å²) in [4.78, 5) is 21.2. The lowest BCUT2D eigenvalue weighted by molar-refractivity contribution is 0.192. The molecule has 0 aliphatic carbocycles. The fourth-order valence-corrected chi connectivity index (χ4v) is 3.40. The third-order valence-electron chi connectivity index (χ3n) is 4.62. The third-order valence-corrected chi connectivity index (χ3v) is 4.62. The summed E-state index contributed by atoms with van der Waals surface area (Å²) in [6.07, 6.45) is 2.08. The van der Waals surface area contributed by atoms with E-state index in [4.69, 9.17) is 4.98 Å². The van der Waals surface area contributed by atoms with Crippen LogP contribution in [0.4, 0.5) is 10.6 Å².